The van der Waals surface area contributed by atoms with Gasteiger partial charge in [0.15, 0.2) is 0 Å². The molecule has 0 aliphatic rings. The molecule has 0 atom stereocenters. The fraction of sp³-hybridized carbons (Fsp3) is 0.136. The molecule has 0 aliphatic carbocycles. The Bertz CT molecular complexity index is 1000. The second-order valence-corrected chi connectivity index (χ2v) is 6.37. The largest absolute Gasteiger partial charge is 0.497 e. The number of hydrogen-bond acceptors (Lipinski definition) is 6. The van der Waals surface area contributed by atoms with Crippen LogP contribution in [0, 0.1) is 0 Å². The number of amides is 2. The summed E-state index contributed by atoms with van der Waals surface area (Å²) in [6, 6.07) is 17.5. The Kier molecular flexibility index (Phi) is 6.83. The maximum atomic E-state index is 12.3. The highest BCUT2D eigenvalue weighted by molar-refractivity contribution is 6.05. The lowest BCUT2D eigenvalue weighted by Crippen LogP contribution is -2.23. The summed E-state index contributed by atoms with van der Waals surface area (Å²) in [5, 5.41) is 5.39. The van der Waals surface area contributed by atoms with Gasteiger partial charge in [-0.05, 0) is 47.5 Å². The molecule has 0 bridgehead atoms. The summed E-state index contributed by atoms with van der Waals surface area (Å²) in [6.07, 6.45) is 1.02. The standard InChI is InChI=1S/C22H22N4O4/c1-29-18-10-6-16(7-11-18)14-30-22(28)25-13-15-4-8-17(9-5-15)21(27)26-19-3-2-12-24-20(19)23/h2-12H,13-14H2,1H3,(H2,23,24)(H,25,28)(H,26,27). The van der Waals surface area contributed by atoms with Crippen molar-refractivity contribution >= 4 is 23.5 Å². The molecule has 0 fully saturated rings. The number of nitrogens with one attached hydrogen (secondary N) is 2. The zero-order valence-electron chi connectivity index (χ0n) is 16.4. The topological polar surface area (TPSA) is 116 Å². The molecule has 3 aromatic rings. The van der Waals surface area contributed by atoms with E-state index in [0.717, 1.165) is 16.9 Å². The van der Waals surface area contributed by atoms with Gasteiger partial charge in [0.05, 0.1) is 12.8 Å². The van der Waals surface area contributed by atoms with Crippen LogP contribution in [0.5, 0.6) is 5.75 Å². The van der Waals surface area contributed by atoms with Gasteiger partial charge in [0.1, 0.15) is 18.2 Å². The molecular weight excluding hydrogens is 384 g/mol. The van der Waals surface area contributed by atoms with E-state index in [0.29, 0.717) is 11.3 Å². The summed E-state index contributed by atoms with van der Waals surface area (Å²) in [4.78, 5) is 28.1. The smallest absolute Gasteiger partial charge is 0.407 e. The lowest BCUT2D eigenvalue weighted by Gasteiger charge is -2.09. The Morgan fingerprint density at radius 1 is 1.00 bits per heavy atom. The van der Waals surface area contributed by atoms with Gasteiger partial charge in [-0.2, -0.15) is 0 Å². The first-order valence-corrected chi connectivity index (χ1v) is 9.19. The van der Waals surface area contributed by atoms with E-state index in [4.69, 9.17) is 15.2 Å². The van der Waals surface area contributed by atoms with Crippen LogP contribution in [0.2, 0.25) is 0 Å². The molecule has 0 saturated carbocycles. The lowest BCUT2D eigenvalue weighted by atomic mass is 10.1. The van der Waals surface area contributed by atoms with Crippen molar-refractivity contribution in [1.29, 1.82) is 0 Å². The number of methoxy groups -OCH3 is 1. The zero-order valence-corrected chi connectivity index (χ0v) is 16.4. The van der Waals surface area contributed by atoms with Gasteiger partial charge in [0.2, 0.25) is 0 Å². The van der Waals surface area contributed by atoms with Crippen LogP contribution in [0.1, 0.15) is 21.5 Å². The van der Waals surface area contributed by atoms with Crippen molar-refractivity contribution in [2.45, 2.75) is 13.2 Å². The highest BCUT2D eigenvalue weighted by Crippen LogP contribution is 2.15. The Morgan fingerprint density at radius 2 is 1.70 bits per heavy atom. The normalized spacial score (nSPS) is 10.2. The molecule has 0 aliphatic heterocycles. The monoisotopic (exact) mass is 406 g/mol. The predicted octanol–water partition coefficient (Wildman–Crippen LogP) is 3.35. The molecule has 3 rings (SSSR count). The zero-order chi connectivity index (χ0) is 21.3. The van der Waals surface area contributed by atoms with Crippen LogP contribution in [0.4, 0.5) is 16.3 Å². The number of rotatable bonds is 7. The van der Waals surface area contributed by atoms with Crippen LogP contribution in [-0.4, -0.2) is 24.1 Å². The molecule has 1 heterocycles. The van der Waals surface area contributed by atoms with Gasteiger partial charge in [0.25, 0.3) is 5.91 Å². The number of hydrogen-bond donors (Lipinski definition) is 3. The Balaban J connectivity index is 1.46. The molecule has 4 N–H and O–H groups in total. The van der Waals surface area contributed by atoms with Gasteiger partial charge in [-0.3, -0.25) is 4.79 Å². The molecular formula is C22H22N4O4. The Labute approximate surface area is 174 Å². The van der Waals surface area contributed by atoms with Crippen LogP contribution in [-0.2, 0) is 17.9 Å². The maximum Gasteiger partial charge on any atom is 0.407 e. The third kappa shape index (κ3) is 5.71. The van der Waals surface area contributed by atoms with Crippen molar-refractivity contribution in [2.75, 3.05) is 18.2 Å². The average molecular weight is 406 g/mol. The van der Waals surface area contributed by atoms with Crippen LogP contribution in [0.25, 0.3) is 0 Å². The summed E-state index contributed by atoms with van der Waals surface area (Å²) in [7, 11) is 1.59. The molecule has 2 amide bonds. The van der Waals surface area contributed by atoms with Crippen LogP contribution in [0.3, 0.4) is 0 Å². The number of nitrogens with zero attached hydrogens (tertiary/aromatic N) is 1. The van der Waals surface area contributed by atoms with Crippen molar-refractivity contribution in [3.05, 3.63) is 83.6 Å². The van der Waals surface area contributed by atoms with E-state index in [1.54, 1.807) is 61.8 Å². The summed E-state index contributed by atoms with van der Waals surface area (Å²) in [6.45, 7) is 0.436. The summed E-state index contributed by atoms with van der Waals surface area (Å²) in [5.41, 5.74) is 8.33. The summed E-state index contributed by atoms with van der Waals surface area (Å²) >= 11 is 0. The minimum absolute atomic E-state index is 0.159. The van der Waals surface area contributed by atoms with Crippen molar-refractivity contribution in [1.82, 2.24) is 10.3 Å². The number of nitrogen functional groups attached to an aromatic ring is 1. The Morgan fingerprint density at radius 3 is 2.37 bits per heavy atom. The predicted molar refractivity (Wildman–Crippen MR) is 113 cm³/mol. The minimum atomic E-state index is -0.528. The molecule has 2 aromatic carbocycles. The van der Waals surface area contributed by atoms with Crippen molar-refractivity contribution < 1.29 is 19.1 Å². The van der Waals surface area contributed by atoms with E-state index < -0.39 is 6.09 Å². The lowest BCUT2D eigenvalue weighted by molar-refractivity contribution is 0.102. The first kappa shape index (κ1) is 20.7. The summed E-state index contributed by atoms with van der Waals surface area (Å²) < 4.78 is 10.3. The van der Waals surface area contributed by atoms with Gasteiger partial charge in [-0.15, -0.1) is 0 Å². The molecule has 0 saturated heterocycles. The molecule has 8 heteroatoms. The highest BCUT2D eigenvalue weighted by Gasteiger charge is 2.09. The molecule has 0 radical (unpaired) electrons. The first-order chi connectivity index (χ1) is 14.5. The number of carbonyl (C=O) groups excluding carboxylic acids is 2. The van der Waals surface area contributed by atoms with E-state index in [2.05, 4.69) is 15.6 Å². The average Bonchev–Trinajstić information content (AvgIpc) is 2.78. The Hall–Kier alpha value is -4.07. The second-order valence-electron chi connectivity index (χ2n) is 6.37. The van der Waals surface area contributed by atoms with Gasteiger partial charge in [0, 0.05) is 18.3 Å². The number of alkyl carbamates (subject to hydrolysis) is 1. The van der Waals surface area contributed by atoms with Gasteiger partial charge in [-0.1, -0.05) is 24.3 Å². The number of carbonyl (C=O) groups is 2. The molecule has 1 aromatic heterocycles. The SMILES string of the molecule is COc1ccc(COC(=O)NCc2ccc(C(=O)Nc3cccnc3N)cc2)cc1. The van der Waals surface area contributed by atoms with Crippen LogP contribution < -0.4 is 21.1 Å². The van der Waals surface area contributed by atoms with Crippen LogP contribution >= 0.6 is 0 Å². The highest BCUT2D eigenvalue weighted by atomic mass is 16.5. The quantitative estimate of drug-likeness (QED) is 0.554. The maximum absolute atomic E-state index is 12.3. The number of aromatic nitrogens is 1. The minimum Gasteiger partial charge on any atom is -0.497 e. The molecule has 8 nitrogen and oxygen atoms in total. The first-order valence-electron chi connectivity index (χ1n) is 9.19. The molecule has 154 valence electrons. The second kappa shape index (κ2) is 9.92. The van der Waals surface area contributed by atoms with E-state index in [9.17, 15) is 9.59 Å². The number of nitrogens with two attached hydrogens (primary N) is 1. The van der Waals surface area contributed by atoms with E-state index in [1.165, 1.54) is 0 Å². The number of ether oxygens (including phenoxy) is 2. The van der Waals surface area contributed by atoms with Crippen LogP contribution in [0.15, 0.2) is 66.9 Å². The molecule has 0 unspecified atom stereocenters. The summed E-state index contributed by atoms with van der Waals surface area (Å²) in [5.74, 6) is 0.692. The van der Waals surface area contributed by atoms with Crippen molar-refractivity contribution in [2.24, 2.45) is 0 Å². The third-order valence-electron chi connectivity index (χ3n) is 4.27. The van der Waals surface area contributed by atoms with Gasteiger partial charge < -0.3 is 25.8 Å². The van der Waals surface area contributed by atoms with Crippen molar-refractivity contribution in [3.8, 4) is 5.75 Å². The molecule has 0 spiro atoms. The third-order valence-corrected chi connectivity index (χ3v) is 4.27. The molecule has 30 heavy (non-hydrogen) atoms. The van der Waals surface area contributed by atoms with Gasteiger partial charge >= 0.3 is 6.09 Å². The number of benzene rings is 2. The number of pyridine rings is 1. The fourth-order valence-electron chi connectivity index (χ4n) is 2.59. The van der Waals surface area contributed by atoms with E-state index in [1.807, 2.05) is 12.1 Å². The van der Waals surface area contributed by atoms with Crippen molar-refractivity contribution in [3.63, 3.8) is 0 Å². The number of anilines is 2. The van der Waals surface area contributed by atoms with E-state index >= 15 is 0 Å². The van der Waals surface area contributed by atoms with E-state index in [-0.39, 0.29) is 24.9 Å². The van der Waals surface area contributed by atoms with Gasteiger partial charge in [-0.25, -0.2) is 9.78 Å². The fourth-order valence-corrected chi connectivity index (χ4v) is 2.59.